The number of nitro benzene ring substituents is 1. The summed E-state index contributed by atoms with van der Waals surface area (Å²) in [6, 6.07) is 6.59. The van der Waals surface area contributed by atoms with Gasteiger partial charge in [-0.25, -0.2) is 4.79 Å². The van der Waals surface area contributed by atoms with Gasteiger partial charge in [0.1, 0.15) is 17.1 Å². The molecule has 0 aromatic heterocycles. The molecule has 0 heterocycles. The lowest BCUT2D eigenvalue weighted by Gasteiger charge is -2.12. The summed E-state index contributed by atoms with van der Waals surface area (Å²) >= 11 is 3.16. The number of benzene rings is 2. The number of carbonyl (C=O) groups excluding carboxylic acids is 1. The first-order valence-electron chi connectivity index (χ1n) is 6.70. The number of esters is 1. The molecule has 7 nitrogen and oxygen atoms in total. The van der Waals surface area contributed by atoms with Crippen molar-refractivity contribution >= 4 is 27.6 Å². The molecule has 0 aliphatic heterocycles. The number of nitro groups is 1. The van der Waals surface area contributed by atoms with E-state index in [1.54, 1.807) is 0 Å². The van der Waals surface area contributed by atoms with Crippen molar-refractivity contribution in [1.82, 2.24) is 0 Å². The van der Waals surface area contributed by atoms with Gasteiger partial charge in [-0.3, -0.25) is 10.1 Å². The number of ether oxygens (including phenoxy) is 3. The zero-order valence-corrected chi connectivity index (χ0v) is 14.5. The second-order valence-corrected chi connectivity index (χ2v) is 5.58. The van der Waals surface area contributed by atoms with Crippen molar-refractivity contribution < 1.29 is 37.1 Å². The average molecular weight is 436 g/mol. The number of carbonyl (C=O) groups is 1. The van der Waals surface area contributed by atoms with Crippen molar-refractivity contribution in [3.8, 4) is 17.2 Å². The molecule has 0 saturated carbocycles. The summed E-state index contributed by atoms with van der Waals surface area (Å²) < 4.78 is 50.9. The summed E-state index contributed by atoms with van der Waals surface area (Å²) in [5.74, 6) is -2.00. The normalized spacial score (nSPS) is 11.0. The highest BCUT2D eigenvalue weighted by atomic mass is 79.9. The van der Waals surface area contributed by atoms with E-state index in [4.69, 9.17) is 4.74 Å². The van der Waals surface area contributed by atoms with Crippen LogP contribution in [0.2, 0.25) is 0 Å². The minimum atomic E-state index is -5.00. The van der Waals surface area contributed by atoms with E-state index in [2.05, 4.69) is 25.4 Å². The van der Waals surface area contributed by atoms with E-state index in [9.17, 15) is 28.1 Å². The van der Waals surface area contributed by atoms with Gasteiger partial charge in [-0.1, -0.05) is 15.9 Å². The van der Waals surface area contributed by atoms with Crippen LogP contribution in [0.15, 0.2) is 40.9 Å². The molecule has 0 saturated heterocycles. The van der Waals surface area contributed by atoms with Gasteiger partial charge in [-0.15, -0.1) is 13.2 Å². The predicted molar refractivity (Wildman–Crippen MR) is 85.3 cm³/mol. The van der Waals surface area contributed by atoms with E-state index >= 15 is 0 Å². The van der Waals surface area contributed by atoms with Gasteiger partial charge in [0, 0.05) is 4.47 Å². The van der Waals surface area contributed by atoms with Gasteiger partial charge in [0.25, 0.3) is 0 Å². The Kier molecular flexibility index (Phi) is 5.70. The van der Waals surface area contributed by atoms with Crippen molar-refractivity contribution in [2.45, 2.75) is 6.36 Å². The van der Waals surface area contributed by atoms with Crippen LogP contribution in [0, 0.1) is 10.1 Å². The van der Waals surface area contributed by atoms with Gasteiger partial charge < -0.3 is 14.2 Å². The van der Waals surface area contributed by atoms with Gasteiger partial charge in [0.15, 0.2) is 0 Å². The summed E-state index contributed by atoms with van der Waals surface area (Å²) in [7, 11) is 1.14. The fraction of sp³-hybridized carbons (Fsp3) is 0.133. The maximum absolute atomic E-state index is 12.3. The number of alkyl halides is 3. The molecule has 2 aromatic carbocycles. The third-order valence-corrected chi connectivity index (χ3v) is 3.42. The second kappa shape index (κ2) is 7.60. The lowest BCUT2D eigenvalue weighted by atomic mass is 10.2. The van der Waals surface area contributed by atoms with Crippen LogP contribution in [-0.2, 0) is 4.74 Å². The quantitative estimate of drug-likeness (QED) is 0.379. The molecule has 0 aliphatic rings. The van der Waals surface area contributed by atoms with E-state index in [0.29, 0.717) is 10.5 Å². The Morgan fingerprint density at radius 1 is 1.15 bits per heavy atom. The van der Waals surface area contributed by atoms with Crippen LogP contribution < -0.4 is 9.47 Å². The number of hydrogen-bond acceptors (Lipinski definition) is 6. The lowest BCUT2D eigenvalue weighted by molar-refractivity contribution is -0.385. The molecular weight excluding hydrogens is 427 g/mol. The van der Waals surface area contributed by atoms with Crippen molar-refractivity contribution in [2.75, 3.05) is 7.11 Å². The molecule has 26 heavy (non-hydrogen) atoms. The van der Waals surface area contributed by atoms with E-state index in [1.165, 1.54) is 18.2 Å². The largest absolute Gasteiger partial charge is 0.573 e. The van der Waals surface area contributed by atoms with Crippen molar-refractivity contribution in [2.24, 2.45) is 0 Å². The SMILES string of the molecule is COC(=O)c1ccc(Br)cc1Oc1ccc(OC(F)(F)F)cc1[N+](=O)[O-]. The first-order valence-corrected chi connectivity index (χ1v) is 7.50. The van der Waals surface area contributed by atoms with Crippen LogP contribution in [0.3, 0.4) is 0 Å². The fourth-order valence-electron chi connectivity index (χ4n) is 1.90. The molecule has 0 atom stereocenters. The van der Waals surface area contributed by atoms with Crippen LogP contribution in [0.1, 0.15) is 10.4 Å². The Bertz CT molecular complexity index is 856. The van der Waals surface area contributed by atoms with Crippen molar-refractivity contribution in [3.63, 3.8) is 0 Å². The Morgan fingerprint density at radius 3 is 2.42 bits per heavy atom. The number of hydrogen-bond donors (Lipinski definition) is 0. The van der Waals surface area contributed by atoms with Crippen LogP contribution in [0.25, 0.3) is 0 Å². The molecule has 0 unspecified atom stereocenters. The van der Waals surface area contributed by atoms with E-state index in [0.717, 1.165) is 19.2 Å². The van der Waals surface area contributed by atoms with Gasteiger partial charge in [-0.2, -0.15) is 0 Å². The smallest absolute Gasteiger partial charge is 0.465 e. The van der Waals surface area contributed by atoms with Gasteiger partial charge in [0.05, 0.1) is 18.1 Å². The van der Waals surface area contributed by atoms with Crippen molar-refractivity contribution in [3.05, 3.63) is 56.5 Å². The first kappa shape index (κ1) is 19.5. The summed E-state index contributed by atoms with van der Waals surface area (Å²) in [5, 5.41) is 11.2. The Labute approximate surface area is 152 Å². The van der Waals surface area contributed by atoms with E-state index in [-0.39, 0.29) is 17.1 Å². The van der Waals surface area contributed by atoms with E-state index in [1.807, 2.05) is 0 Å². The summed E-state index contributed by atoms with van der Waals surface area (Å²) in [4.78, 5) is 22.0. The first-order chi connectivity index (χ1) is 12.1. The second-order valence-electron chi connectivity index (χ2n) is 4.67. The summed E-state index contributed by atoms with van der Waals surface area (Å²) in [5.41, 5.74) is -0.803. The van der Waals surface area contributed by atoms with Crippen LogP contribution >= 0.6 is 15.9 Å². The van der Waals surface area contributed by atoms with Crippen LogP contribution in [0.4, 0.5) is 18.9 Å². The van der Waals surface area contributed by atoms with Gasteiger partial charge in [0.2, 0.25) is 5.75 Å². The Balaban J connectivity index is 2.45. The summed E-state index contributed by atoms with van der Waals surface area (Å²) in [6.07, 6.45) is -5.00. The Morgan fingerprint density at radius 2 is 1.85 bits per heavy atom. The van der Waals surface area contributed by atoms with Gasteiger partial charge >= 0.3 is 18.0 Å². The standard InChI is InChI=1S/C15H9BrF3NO6/c1-24-14(21)10-4-2-8(16)6-13(10)25-12-5-3-9(26-15(17,18)19)7-11(12)20(22)23/h2-7H,1H3. The third kappa shape index (κ3) is 4.85. The zero-order chi connectivity index (χ0) is 19.5. The summed E-state index contributed by atoms with van der Waals surface area (Å²) in [6.45, 7) is 0. The van der Waals surface area contributed by atoms with Gasteiger partial charge in [-0.05, 0) is 30.3 Å². The Hall–Kier alpha value is -2.82. The molecular formula is C15H9BrF3NO6. The maximum Gasteiger partial charge on any atom is 0.573 e. The lowest BCUT2D eigenvalue weighted by Crippen LogP contribution is -2.17. The molecule has 0 radical (unpaired) electrons. The zero-order valence-electron chi connectivity index (χ0n) is 12.9. The topological polar surface area (TPSA) is 87.9 Å². The number of rotatable bonds is 5. The number of nitrogens with zero attached hydrogens (tertiary/aromatic N) is 1. The minimum Gasteiger partial charge on any atom is -0.465 e. The molecule has 0 aliphatic carbocycles. The highest BCUT2D eigenvalue weighted by molar-refractivity contribution is 9.10. The fourth-order valence-corrected chi connectivity index (χ4v) is 2.24. The highest BCUT2D eigenvalue weighted by Gasteiger charge is 2.32. The molecule has 0 bridgehead atoms. The van der Waals surface area contributed by atoms with E-state index < -0.39 is 28.7 Å². The molecule has 11 heteroatoms. The molecule has 2 rings (SSSR count). The van der Waals surface area contributed by atoms with Crippen molar-refractivity contribution in [1.29, 1.82) is 0 Å². The van der Waals surface area contributed by atoms with Crippen LogP contribution in [-0.4, -0.2) is 24.4 Å². The molecule has 0 amide bonds. The third-order valence-electron chi connectivity index (χ3n) is 2.93. The molecule has 0 spiro atoms. The molecule has 0 N–H and O–H groups in total. The highest BCUT2D eigenvalue weighted by Crippen LogP contribution is 2.38. The molecule has 0 fully saturated rings. The number of halogens is 4. The molecule has 138 valence electrons. The monoisotopic (exact) mass is 435 g/mol. The predicted octanol–water partition coefficient (Wildman–Crippen LogP) is 4.83. The maximum atomic E-state index is 12.3. The molecule has 2 aromatic rings. The van der Waals surface area contributed by atoms with Crippen LogP contribution in [0.5, 0.6) is 17.2 Å². The average Bonchev–Trinajstić information content (AvgIpc) is 2.54. The number of methoxy groups -OCH3 is 1. The minimum absolute atomic E-state index is 0.0272.